The van der Waals surface area contributed by atoms with Gasteiger partial charge in [-0.05, 0) is 40.2 Å². The minimum atomic E-state index is -0.673. The lowest BCUT2D eigenvalue weighted by molar-refractivity contribution is -0.139. The molecule has 3 rings (SSSR count). The van der Waals surface area contributed by atoms with Gasteiger partial charge >= 0.3 is 11.9 Å². The molecule has 0 radical (unpaired) electrons. The molecule has 0 saturated heterocycles. The zero-order valence-corrected chi connectivity index (χ0v) is 15.6. The van der Waals surface area contributed by atoms with Crippen LogP contribution in [0.4, 0.5) is 5.69 Å². The van der Waals surface area contributed by atoms with Crippen molar-refractivity contribution in [3.8, 4) is 0 Å². The van der Waals surface area contributed by atoms with Crippen molar-refractivity contribution in [2.24, 2.45) is 0 Å². The third-order valence-corrected chi connectivity index (χ3v) is 4.49. The summed E-state index contributed by atoms with van der Waals surface area (Å²) in [6.45, 7) is 0. The highest BCUT2D eigenvalue weighted by atomic mass is 79.9. The molecule has 1 aliphatic rings. The van der Waals surface area contributed by atoms with Gasteiger partial charge in [0, 0.05) is 18.6 Å². The van der Waals surface area contributed by atoms with Crippen LogP contribution >= 0.6 is 15.9 Å². The van der Waals surface area contributed by atoms with Crippen LogP contribution in [0.3, 0.4) is 0 Å². The molecule has 0 bridgehead atoms. The SMILES string of the molecule is COC(=O)C1=C(C(=O)OC)N(c2ccc3nccnc3c2Br)C=CC=C1. The predicted octanol–water partition coefficient (Wildman–Crippen LogP) is 2.88. The highest BCUT2D eigenvalue weighted by Gasteiger charge is 2.28. The van der Waals surface area contributed by atoms with Crippen molar-refractivity contribution in [1.29, 1.82) is 0 Å². The molecule has 0 fully saturated rings. The Morgan fingerprint density at radius 2 is 1.77 bits per heavy atom. The predicted molar refractivity (Wildman–Crippen MR) is 99.1 cm³/mol. The van der Waals surface area contributed by atoms with E-state index in [0.29, 0.717) is 21.2 Å². The number of fused-ring (bicyclic) bond motifs is 1. The zero-order valence-electron chi connectivity index (χ0n) is 14.0. The third-order valence-electron chi connectivity index (χ3n) is 3.71. The summed E-state index contributed by atoms with van der Waals surface area (Å²) >= 11 is 3.53. The quantitative estimate of drug-likeness (QED) is 0.712. The summed E-state index contributed by atoms with van der Waals surface area (Å²) in [5, 5.41) is 0. The summed E-state index contributed by atoms with van der Waals surface area (Å²) in [6.07, 6.45) is 9.67. The van der Waals surface area contributed by atoms with Gasteiger partial charge in [0.1, 0.15) is 11.2 Å². The first-order valence-corrected chi connectivity index (χ1v) is 8.32. The van der Waals surface area contributed by atoms with E-state index in [0.717, 1.165) is 0 Å². The normalized spacial score (nSPS) is 13.7. The average molecular weight is 416 g/mol. The lowest BCUT2D eigenvalue weighted by atomic mass is 10.1. The summed E-state index contributed by atoms with van der Waals surface area (Å²) in [6, 6.07) is 3.55. The van der Waals surface area contributed by atoms with E-state index in [-0.39, 0.29) is 11.3 Å². The lowest BCUT2D eigenvalue weighted by Gasteiger charge is -2.24. The van der Waals surface area contributed by atoms with Crippen molar-refractivity contribution in [3.05, 3.63) is 64.7 Å². The molecule has 0 aliphatic carbocycles. The van der Waals surface area contributed by atoms with Gasteiger partial charge in [0.2, 0.25) is 0 Å². The number of hydrogen-bond acceptors (Lipinski definition) is 7. The molecule has 1 aliphatic heterocycles. The molecule has 0 amide bonds. The maximum Gasteiger partial charge on any atom is 0.355 e. The molecular formula is C18H14BrN3O4. The third kappa shape index (κ3) is 3.11. The molecule has 0 saturated carbocycles. The molecule has 8 heteroatoms. The van der Waals surface area contributed by atoms with Crippen LogP contribution in [-0.4, -0.2) is 36.1 Å². The molecule has 26 heavy (non-hydrogen) atoms. The Labute approximate surface area is 157 Å². The zero-order chi connectivity index (χ0) is 18.7. The Hall–Kier alpha value is -3.00. The molecule has 2 aromatic rings. The van der Waals surface area contributed by atoms with E-state index in [9.17, 15) is 9.59 Å². The highest BCUT2D eigenvalue weighted by molar-refractivity contribution is 9.10. The van der Waals surface area contributed by atoms with Gasteiger partial charge in [-0.25, -0.2) is 9.59 Å². The van der Waals surface area contributed by atoms with Crippen LogP contribution in [0.1, 0.15) is 0 Å². The Bertz CT molecular complexity index is 982. The molecule has 0 spiro atoms. The Morgan fingerprint density at radius 3 is 2.50 bits per heavy atom. The number of ether oxygens (including phenoxy) is 2. The number of hydrogen-bond donors (Lipinski definition) is 0. The maximum absolute atomic E-state index is 12.5. The Morgan fingerprint density at radius 1 is 1.04 bits per heavy atom. The van der Waals surface area contributed by atoms with Crippen LogP contribution in [0, 0.1) is 0 Å². The van der Waals surface area contributed by atoms with E-state index < -0.39 is 11.9 Å². The number of carbonyl (C=O) groups is 2. The van der Waals surface area contributed by atoms with Crippen LogP contribution in [0.15, 0.2) is 64.7 Å². The second-order valence-electron chi connectivity index (χ2n) is 5.14. The standard InChI is InChI=1S/C18H14BrN3O4/c1-25-17(23)11-5-3-4-10-22(16(11)18(24)26-2)13-7-6-12-15(14(13)19)21-9-8-20-12/h3-10H,1-2H3. The van der Waals surface area contributed by atoms with E-state index in [4.69, 9.17) is 9.47 Å². The fraction of sp³-hybridized carbons (Fsp3) is 0.111. The monoisotopic (exact) mass is 415 g/mol. The summed E-state index contributed by atoms with van der Waals surface area (Å²) < 4.78 is 10.3. The molecule has 7 nitrogen and oxygen atoms in total. The number of esters is 2. The van der Waals surface area contributed by atoms with E-state index in [1.807, 2.05) is 0 Å². The summed E-state index contributed by atoms with van der Waals surface area (Å²) in [5.41, 5.74) is 2.03. The van der Waals surface area contributed by atoms with Crippen LogP contribution in [0.5, 0.6) is 0 Å². The fourth-order valence-corrected chi connectivity index (χ4v) is 3.16. The van der Waals surface area contributed by atoms with E-state index in [1.165, 1.54) is 20.3 Å². The highest BCUT2D eigenvalue weighted by Crippen LogP contribution is 2.35. The second-order valence-corrected chi connectivity index (χ2v) is 5.93. The Kier molecular flexibility index (Phi) is 5.13. The topological polar surface area (TPSA) is 81.6 Å². The number of halogens is 1. The van der Waals surface area contributed by atoms with Crippen LogP contribution in [-0.2, 0) is 19.1 Å². The Balaban J connectivity index is 2.26. The van der Waals surface area contributed by atoms with Crippen molar-refractivity contribution in [2.75, 3.05) is 19.1 Å². The van der Waals surface area contributed by atoms with Crippen molar-refractivity contribution >= 4 is 44.6 Å². The number of allylic oxidation sites excluding steroid dienone is 2. The van der Waals surface area contributed by atoms with Crippen molar-refractivity contribution in [1.82, 2.24) is 9.97 Å². The molecule has 2 heterocycles. The summed E-state index contributed by atoms with van der Waals surface area (Å²) in [4.78, 5) is 34.8. The van der Waals surface area contributed by atoms with Gasteiger partial charge in [-0.3, -0.25) is 9.97 Å². The summed E-state index contributed by atoms with van der Waals surface area (Å²) in [7, 11) is 2.50. The summed E-state index contributed by atoms with van der Waals surface area (Å²) in [5.74, 6) is -1.32. The molecular weight excluding hydrogens is 402 g/mol. The molecule has 0 atom stereocenters. The van der Waals surface area contributed by atoms with Gasteiger partial charge in [-0.2, -0.15) is 0 Å². The number of rotatable bonds is 3. The van der Waals surface area contributed by atoms with Gasteiger partial charge in [0.15, 0.2) is 0 Å². The van der Waals surface area contributed by atoms with Crippen LogP contribution in [0.25, 0.3) is 11.0 Å². The number of nitrogens with zero attached hydrogens (tertiary/aromatic N) is 3. The van der Waals surface area contributed by atoms with Crippen molar-refractivity contribution in [2.45, 2.75) is 0 Å². The number of carbonyl (C=O) groups excluding carboxylic acids is 2. The smallest absolute Gasteiger partial charge is 0.355 e. The van der Waals surface area contributed by atoms with Gasteiger partial charge in [0.25, 0.3) is 0 Å². The first-order chi connectivity index (χ1) is 12.6. The second kappa shape index (κ2) is 7.49. The van der Waals surface area contributed by atoms with Gasteiger partial charge in [-0.1, -0.05) is 6.08 Å². The maximum atomic E-state index is 12.5. The number of anilines is 1. The first-order valence-electron chi connectivity index (χ1n) is 7.52. The minimum Gasteiger partial charge on any atom is -0.465 e. The van der Waals surface area contributed by atoms with Crippen molar-refractivity contribution in [3.63, 3.8) is 0 Å². The fourth-order valence-electron chi connectivity index (χ4n) is 2.53. The van der Waals surface area contributed by atoms with E-state index >= 15 is 0 Å². The largest absolute Gasteiger partial charge is 0.465 e. The van der Waals surface area contributed by atoms with Gasteiger partial charge in [0.05, 0.1) is 35.5 Å². The van der Waals surface area contributed by atoms with Crippen LogP contribution < -0.4 is 4.90 Å². The average Bonchev–Trinajstić information content (AvgIpc) is 2.90. The van der Waals surface area contributed by atoms with Gasteiger partial charge in [-0.15, -0.1) is 0 Å². The van der Waals surface area contributed by atoms with E-state index in [1.54, 1.807) is 47.8 Å². The first kappa shape index (κ1) is 17.8. The van der Waals surface area contributed by atoms with Crippen molar-refractivity contribution < 1.29 is 19.1 Å². The lowest BCUT2D eigenvalue weighted by Crippen LogP contribution is -2.27. The number of aromatic nitrogens is 2. The number of benzene rings is 1. The number of methoxy groups -OCH3 is 2. The molecule has 0 N–H and O–H groups in total. The molecule has 0 unspecified atom stereocenters. The van der Waals surface area contributed by atoms with E-state index in [2.05, 4.69) is 25.9 Å². The minimum absolute atomic E-state index is 0.0355. The molecule has 132 valence electrons. The molecule has 1 aromatic heterocycles. The van der Waals surface area contributed by atoms with Gasteiger partial charge < -0.3 is 14.4 Å². The van der Waals surface area contributed by atoms with Crippen LogP contribution in [0.2, 0.25) is 0 Å². The molecule has 1 aromatic carbocycles.